The summed E-state index contributed by atoms with van der Waals surface area (Å²) >= 11 is 1.51. The van der Waals surface area contributed by atoms with Crippen LogP contribution in [0.25, 0.3) is 0 Å². The SMILES string of the molecule is CN1C(=O)CC(C(=O)O)C1c1ccsc1. The van der Waals surface area contributed by atoms with Gasteiger partial charge in [-0.15, -0.1) is 0 Å². The molecule has 15 heavy (non-hydrogen) atoms. The molecular formula is C10H11NO3S. The molecule has 4 nitrogen and oxygen atoms in total. The summed E-state index contributed by atoms with van der Waals surface area (Å²) in [4.78, 5) is 24.0. The fraction of sp³-hybridized carbons (Fsp3) is 0.400. The number of carboxylic acid groups (broad SMARTS) is 1. The van der Waals surface area contributed by atoms with E-state index in [1.165, 1.54) is 16.2 Å². The summed E-state index contributed by atoms with van der Waals surface area (Å²) in [7, 11) is 1.66. The first kappa shape index (κ1) is 10.2. The molecule has 1 amide bonds. The fourth-order valence-electron chi connectivity index (χ4n) is 1.99. The molecular weight excluding hydrogens is 214 g/mol. The highest BCUT2D eigenvalue weighted by molar-refractivity contribution is 7.08. The fourth-order valence-corrected chi connectivity index (χ4v) is 2.68. The van der Waals surface area contributed by atoms with Crippen molar-refractivity contribution < 1.29 is 14.7 Å². The Morgan fingerprint density at radius 2 is 2.40 bits per heavy atom. The lowest BCUT2D eigenvalue weighted by Gasteiger charge is -2.21. The van der Waals surface area contributed by atoms with Crippen LogP contribution in [0.3, 0.4) is 0 Å². The maximum absolute atomic E-state index is 11.5. The average Bonchev–Trinajstić information content (AvgIpc) is 2.76. The summed E-state index contributed by atoms with van der Waals surface area (Å²) in [5.74, 6) is -1.61. The lowest BCUT2D eigenvalue weighted by molar-refractivity contribution is -0.142. The molecule has 1 N–H and O–H groups in total. The predicted octanol–water partition coefficient (Wildman–Crippen LogP) is 1.35. The van der Waals surface area contributed by atoms with E-state index in [2.05, 4.69) is 0 Å². The molecule has 2 atom stereocenters. The van der Waals surface area contributed by atoms with Crippen LogP contribution in [0.4, 0.5) is 0 Å². The molecule has 1 aliphatic rings. The second-order valence-corrected chi connectivity index (χ2v) is 4.44. The van der Waals surface area contributed by atoms with Crippen molar-refractivity contribution in [2.24, 2.45) is 5.92 Å². The van der Waals surface area contributed by atoms with Gasteiger partial charge in [-0.05, 0) is 22.4 Å². The zero-order chi connectivity index (χ0) is 11.0. The molecule has 1 aromatic heterocycles. The number of likely N-dealkylation sites (tertiary alicyclic amines) is 1. The van der Waals surface area contributed by atoms with Crippen LogP contribution in [0, 0.1) is 5.92 Å². The smallest absolute Gasteiger partial charge is 0.309 e. The van der Waals surface area contributed by atoms with E-state index < -0.39 is 11.9 Å². The van der Waals surface area contributed by atoms with Crippen LogP contribution in [0.2, 0.25) is 0 Å². The summed E-state index contributed by atoms with van der Waals surface area (Å²) in [5, 5.41) is 12.8. The third kappa shape index (κ3) is 1.63. The van der Waals surface area contributed by atoms with Crippen LogP contribution in [-0.2, 0) is 9.59 Å². The van der Waals surface area contributed by atoms with E-state index in [9.17, 15) is 9.59 Å². The van der Waals surface area contributed by atoms with Gasteiger partial charge >= 0.3 is 5.97 Å². The number of aliphatic carboxylic acids is 1. The molecule has 0 bridgehead atoms. The minimum Gasteiger partial charge on any atom is -0.481 e. The van der Waals surface area contributed by atoms with Gasteiger partial charge in [-0.1, -0.05) is 0 Å². The molecule has 0 aromatic carbocycles. The molecule has 2 rings (SSSR count). The zero-order valence-electron chi connectivity index (χ0n) is 8.21. The van der Waals surface area contributed by atoms with E-state index >= 15 is 0 Å². The van der Waals surface area contributed by atoms with Gasteiger partial charge in [0, 0.05) is 13.5 Å². The molecule has 5 heteroatoms. The normalized spacial score (nSPS) is 25.9. The minimum absolute atomic E-state index is 0.0985. The number of carboxylic acids is 1. The first-order valence-corrected chi connectivity index (χ1v) is 5.56. The van der Waals surface area contributed by atoms with Crippen molar-refractivity contribution in [1.82, 2.24) is 4.90 Å². The molecule has 1 saturated heterocycles. The number of hydrogen-bond donors (Lipinski definition) is 1. The number of rotatable bonds is 2. The van der Waals surface area contributed by atoms with Crippen LogP contribution in [0.1, 0.15) is 18.0 Å². The Bertz CT molecular complexity index is 387. The summed E-state index contributed by atoms with van der Waals surface area (Å²) in [6.45, 7) is 0. The zero-order valence-corrected chi connectivity index (χ0v) is 9.03. The Morgan fingerprint density at radius 3 is 2.93 bits per heavy atom. The maximum atomic E-state index is 11.5. The monoisotopic (exact) mass is 225 g/mol. The molecule has 2 heterocycles. The highest BCUT2D eigenvalue weighted by Gasteiger charge is 2.42. The Balaban J connectivity index is 2.34. The Labute approximate surface area is 91.1 Å². The van der Waals surface area contributed by atoms with Crippen molar-refractivity contribution >= 4 is 23.2 Å². The molecule has 0 aliphatic carbocycles. The third-order valence-electron chi connectivity index (χ3n) is 2.79. The molecule has 2 unspecified atom stereocenters. The van der Waals surface area contributed by atoms with Gasteiger partial charge in [-0.2, -0.15) is 11.3 Å². The molecule has 0 radical (unpaired) electrons. The van der Waals surface area contributed by atoms with E-state index in [0.717, 1.165) is 5.56 Å². The molecule has 1 fully saturated rings. The molecule has 1 aliphatic heterocycles. The predicted molar refractivity (Wildman–Crippen MR) is 55.6 cm³/mol. The van der Waals surface area contributed by atoms with E-state index in [1.807, 2.05) is 16.8 Å². The van der Waals surface area contributed by atoms with Crippen LogP contribution in [0.5, 0.6) is 0 Å². The van der Waals surface area contributed by atoms with Crippen LogP contribution < -0.4 is 0 Å². The van der Waals surface area contributed by atoms with Crippen molar-refractivity contribution in [3.05, 3.63) is 22.4 Å². The maximum Gasteiger partial charge on any atom is 0.309 e. The highest BCUT2D eigenvalue weighted by Crippen LogP contribution is 2.37. The third-order valence-corrected chi connectivity index (χ3v) is 3.49. The Hall–Kier alpha value is -1.36. The molecule has 0 spiro atoms. The highest BCUT2D eigenvalue weighted by atomic mass is 32.1. The number of nitrogens with zero attached hydrogens (tertiary/aromatic N) is 1. The quantitative estimate of drug-likeness (QED) is 0.826. The van der Waals surface area contributed by atoms with Crippen molar-refractivity contribution in [2.45, 2.75) is 12.5 Å². The standard InChI is InChI=1S/C10H11NO3S/c1-11-8(12)4-7(10(13)14)9(11)6-2-3-15-5-6/h2-3,5,7,9H,4H2,1H3,(H,13,14). The van der Waals surface area contributed by atoms with E-state index in [1.54, 1.807) is 7.05 Å². The van der Waals surface area contributed by atoms with Crippen molar-refractivity contribution in [3.63, 3.8) is 0 Å². The number of carbonyl (C=O) groups is 2. The van der Waals surface area contributed by atoms with Gasteiger partial charge in [0.15, 0.2) is 0 Å². The van der Waals surface area contributed by atoms with Gasteiger partial charge in [0.1, 0.15) is 0 Å². The van der Waals surface area contributed by atoms with Crippen LogP contribution in [-0.4, -0.2) is 28.9 Å². The number of hydrogen-bond acceptors (Lipinski definition) is 3. The summed E-state index contributed by atoms with van der Waals surface area (Å²) < 4.78 is 0. The Kier molecular flexibility index (Phi) is 2.48. The van der Waals surface area contributed by atoms with Gasteiger partial charge in [-0.25, -0.2) is 0 Å². The summed E-state index contributed by atoms with van der Waals surface area (Å²) in [6, 6.07) is 1.57. The lowest BCUT2D eigenvalue weighted by atomic mass is 9.96. The first-order valence-electron chi connectivity index (χ1n) is 4.62. The molecule has 80 valence electrons. The van der Waals surface area contributed by atoms with Gasteiger partial charge in [0.2, 0.25) is 5.91 Å². The number of thiophene rings is 1. The van der Waals surface area contributed by atoms with Crippen molar-refractivity contribution in [3.8, 4) is 0 Å². The van der Waals surface area contributed by atoms with Gasteiger partial charge in [0.05, 0.1) is 12.0 Å². The second-order valence-electron chi connectivity index (χ2n) is 3.66. The Morgan fingerprint density at radius 1 is 1.67 bits per heavy atom. The van der Waals surface area contributed by atoms with Gasteiger partial charge in [0.25, 0.3) is 0 Å². The molecule has 1 aromatic rings. The largest absolute Gasteiger partial charge is 0.481 e. The lowest BCUT2D eigenvalue weighted by Crippen LogP contribution is -2.26. The van der Waals surface area contributed by atoms with Crippen LogP contribution in [0.15, 0.2) is 16.8 Å². The van der Waals surface area contributed by atoms with E-state index in [4.69, 9.17) is 5.11 Å². The van der Waals surface area contributed by atoms with Crippen LogP contribution >= 0.6 is 11.3 Å². The topological polar surface area (TPSA) is 57.6 Å². The minimum atomic E-state index is -0.899. The first-order chi connectivity index (χ1) is 7.11. The summed E-state index contributed by atoms with van der Waals surface area (Å²) in [5.41, 5.74) is 0.917. The number of carbonyl (C=O) groups excluding carboxylic acids is 1. The molecule has 0 saturated carbocycles. The second kappa shape index (κ2) is 3.66. The van der Waals surface area contributed by atoms with Gasteiger partial charge in [-0.3, -0.25) is 9.59 Å². The van der Waals surface area contributed by atoms with Gasteiger partial charge < -0.3 is 10.0 Å². The van der Waals surface area contributed by atoms with E-state index in [-0.39, 0.29) is 18.4 Å². The van der Waals surface area contributed by atoms with Crippen molar-refractivity contribution in [2.75, 3.05) is 7.05 Å². The average molecular weight is 225 g/mol. The van der Waals surface area contributed by atoms with E-state index in [0.29, 0.717) is 0 Å². The van der Waals surface area contributed by atoms with Crippen molar-refractivity contribution in [1.29, 1.82) is 0 Å². The number of amides is 1. The summed E-state index contributed by atoms with van der Waals surface area (Å²) in [6.07, 6.45) is 0.104.